The van der Waals surface area contributed by atoms with E-state index in [1.54, 1.807) is 19.1 Å². The fourth-order valence-electron chi connectivity index (χ4n) is 2.20. The van der Waals surface area contributed by atoms with E-state index in [1.165, 1.54) is 31.1 Å². The number of aliphatic hydroxyl groups excluding tert-OH is 1. The van der Waals surface area contributed by atoms with Crippen LogP contribution < -0.4 is 0 Å². The molecule has 0 aromatic carbocycles. The Balaban J connectivity index is 2.62. The fraction of sp³-hybridized carbons (Fsp3) is 0.188. The van der Waals surface area contributed by atoms with Crippen LogP contribution in [-0.2, 0) is 19.1 Å². The van der Waals surface area contributed by atoms with Gasteiger partial charge in [-0.05, 0) is 12.1 Å². The molecule has 7 nitrogen and oxygen atoms in total. The zero-order valence-electron chi connectivity index (χ0n) is 13.0. The summed E-state index contributed by atoms with van der Waals surface area (Å²) in [7, 11) is 2.40. The van der Waals surface area contributed by atoms with Crippen LogP contribution in [0.1, 0.15) is 12.7 Å². The van der Waals surface area contributed by atoms with E-state index in [-0.39, 0.29) is 28.4 Å². The lowest BCUT2D eigenvalue weighted by Crippen LogP contribution is -2.14. The molecule has 7 heteroatoms. The first-order valence-electron chi connectivity index (χ1n) is 6.59. The second-order valence-corrected chi connectivity index (χ2v) is 4.64. The summed E-state index contributed by atoms with van der Waals surface area (Å²) in [5.41, 5.74) is 0.595. The van der Waals surface area contributed by atoms with Gasteiger partial charge in [0, 0.05) is 6.92 Å². The van der Waals surface area contributed by atoms with E-state index in [9.17, 15) is 14.7 Å². The van der Waals surface area contributed by atoms with Gasteiger partial charge in [0.25, 0.3) is 0 Å². The molecule has 1 aromatic rings. The third kappa shape index (κ3) is 2.80. The maximum absolute atomic E-state index is 12.1. The van der Waals surface area contributed by atoms with Crippen LogP contribution in [-0.4, -0.2) is 42.6 Å². The van der Waals surface area contributed by atoms with Gasteiger partial charge in [0.15, 0.2) is 22.8 Å². The maximum atomic E-state index is 12.1. The topological polar surface area (TPSA) is 89.0 Å². The van der Waals surface area contributed by atoms with Crippen molar-refractivity contribution in [1.29, 1.82) is 0 Å². The predicted molar refractivity (Wildman–Crippen MR) is 80.5 cm³/mol. The van der Waals surface area contributed by atoms with Gasteiger partial charge in [-0.2, -0.15) is 4.58 Å². The summed E-state index contributed by atoms with van der Waals surface area (Å²) in [6, 6.07) is 3.16. The Morgan fingerprint density at radius 2 is 1.87 bits per heavy atom. The van der Waals surface area contributed by atoms with E-state index in [0.29, 0.717) is 5.70 Å². The minimum Gasteiger partial charge on any atom is -0.504 e. The highest BCUT2D eigenvalue weighted by atomic mass is 16.5. The summed E-state index contributed by atoms with van der Waals surface area (Å²) in [5, 5.41) is 10.1. The first-order valence-corrected chi connectivity index (χ1v) is 6.59. The molecule has 2 heterocycles. The normalized spacial score (nSPS) is 15.3. The van der Waals surface area contributed by atoms with Crippen molar-refractivity contribution in [2.75, 3.05) is 14.2 Å². The smallest absolute Gasteiger partial charge is 0.345 e. The van der Waals surface area contributed by atoms with Crippen LogP contribution in [0.3, 0.4) is 0 Å². The number of carbonyl (C=O) groups is 2. The van der Waals surface area contributed by atoms with Crippen molar-refractivity contribution in [3.8, 4) is 0 Å². The number of furan rings is 1. The van der Waals surface area contributed by atoms with E-state index in [2.05, 4.69) is 6.72 Å². The molecule has 0 atom stereocenters. The molecule has 0 unspecified atom stereocenters. The summed E-state index contributed by atoms with van der Waals surface area (Å²) in [5.74, 6) is -1.45. The van der Waals surface area contributed by atoms with Gasteiger partial charge in [0.2, 0.25) is 5.70 Å². The number of esters is 2. The van der Waals surface area contributed by atoms with E-state index in [1.807, 2.05) is 0 Å². The molecule has 1 aliphatic rings. The van der Waals surface area contributed by atoms with Crippen molar-refractivity contribution >= 4 is 24.4 Å². The Morgan fingerprint density at radius 1 is 1.26 bits per heavy atom. The molecule has 0 bridgehead atoms. The monoisotopic (exact) mass is 318 g/mol. The minimum atomic E-state index is -0.741. The molecule has 0 radical (unpaired) electrons. The number of nitrogens with zero attached hydrogens (tertiary/aromatic N) is 1. The summed E-state index contributed by atoms with van der Waals surface area (Å²) in [4.78, 5) is 24.1. The van der Waals surface area contributed by atoms with Gasteiger partial charge in [0.1, 0.15) is 12.3 Å². The summed E-state index contributed by atoms with van der Waals surface area (Å²) >= 11 is 0. The minimum absolute atomic E-state index is 0.0350. The molecule has 0 saturated carbocycles. The Hall–Kier alpha value is -3.09. The number of methoxy groups -OCH3 is 2. The van der Waals surface area contributed by atoms with Gasteiger partial charge in [-0.3, -0.25) is 0 Å². The van der Waals surface area contributed by atoms with Crippen molar-refractivity contribution in [1.82, 2.24) is 0 Å². The quantitative estimate of drug-likeness (QED) is 0.517. The van der Waals surface area contributed by atoms with Crippen LogP contribution in [0.5, 0.6) is 0 Å². The average Bonchev–Trinajstić information content (AvgIpc) is 3.16. The molecule has 0 spiro atoms. The molecule has 2 rings (SSSR count). The standard InChI is InChI=1S/C16H15NO6/c1-9-13(15(19)21-3)14(16(20)22-4)10(17(9)2)8-11(18)12-6-5-7-23-12/h5-8H,2H2,1,3-4H3/p+1. The number of hydrogen-bond donors (Lipinski definition) is 1. The van der Waals surface area contributed by atoms with Crippen LogP contribution in [0.2, 0.25) is 0 Å². The molecule has 1 aromatic heterocycles. The van der Waals surface area contributed by atoms with Crippen LogP contribution in [0.4, 0.5) is 0 Å². The summed E-state index contributed by atoms with van der Waals surface area (Å²) in [6.45, 7) is 5.39. The molecule has 0 saturated heterocycles. The molecular weight excluding hydrogens is 302 g/mol. The van der Waals surface area contributed by atoms with Crippen molar-refractivity contribution in [2.45, 2.75) is 6.92 Å². The first-order chi connectivity index (χ1) is 10.9. The number of carbonyl (C=O) groups excluding carboxylic acids is 2. The van der Waals surface area contributed by atoms with Crippen LogP contribution in [0.25, 0.3) is 5.76 Å². The van der Waals surface area contributed by atoms with E-state index < -0.39 is 11.9 Å². The average molecular weight is 318 g/mol. The number of hydrogen-bond acceptors (Lipinski definition) is 6. The zero-order valence-corrected chi connectivity index (χ0v) is 13.0. The van der Waals surface area contributed by atoms with Gasteiger partial charge >= 0.3 is 11.9 Å². The van der Waals surface area contributed by atoms with Crippen LogP contribution in [0, 0.1) is 0 Å². The fourth-order valence-corrected chi connectivity index (χ4v) is 2.20. The first kappa shape index (κ1) is 16.3. The van der Waals surface area contributed by atoms with E-state index >= 15 is 0 Å². The highest BCUT2D eigenvalue weighted by molar-refractivity contribution is 6.08. The SMILES string of the molecule is C=[N+]1C(C)=C(C(=O)OC)C(C(=O)OC)=C1/C=C(\O)c1ccco1. The lowest BCUT2D eigenvalue weighted by Gasteiger charge is -2.02. The largest absolute Gasteiger partial charge is 0.504 e. The van der Waals surface area contributed by atoms with Crippen LogP contribution >= 0.6 is 0 Å². The maximum Gasteiger partial charge on any atom is 0.345 e. The van der Waals surface area contributed by atoms with Gasteiger partial charge in [-0.15, -0.1) is 0 Å². The highest BCUT2D eigenvalue weighted by Gasteiger charge is 2.42. The molecular formula is C16H16NO6+. The van der Waals surface area contributed by atoms with Crippen molar-refractivity contribution in [2.24, 2.45) is 0 Å². The number of rotatable bonds is 4. The van der Waals surface area contributed by atoms with E-state index in [0.717, 1.165) is 0 Å². The highest BCUT2D eigenvalue weighted by Crippen LogP contribution is 2.32. The summed E-state index contributed by atoms with van der Waals surface area (Å²) < 4.78 is 15.9. The molecule has 0 aliphatic carbocycles. The third-order valence-corrected chi connectivity index (χ3v) is 3.39. The predicted octanol–water partition coefficient (Wildman–Crippen LogP) is 1.78. The third-order valence-electron chi connectivity index (χ3n) is 3.39. The second kappa shape index (κ2) is 6.35. The lowest BCUT2D eigenvalue weighted by molar-refractivity contribution is -0.402. The van der Waals surface area contributed by atoms with E-state index in [4.69, 9.17) is 13.9 Å². The molecule has 1 aliphatic heterocycles. The number of ether oxygens (including phenoxy) is 2. The number of aliphatic hydroxyl groups is 1. The van der Waals surface area contributed by atoms with Gasteiger partial charge in [-0.1, -0.05) is 0 Å². The number of allylic oxidation sites excluding steroid dienone is 2. The molecule has 0 fully saturated rings. The van der Waals surface area contributed by atoms with Crippen LogP contribution in [0.15, 0.2) is 51.4 Å². The van der Waals surface area contributed by atoms with Gasteiger partial charge in [0.05, 0.1) is 26.6 Å². The van der Waals surface area contributed by atoms with Gasteiger partial charge < -0.3 is 19.0 Å². The van der Waals surface area contributed by atoms with Crippen molar-refractivity contribution in [3.63, 3.8) is 0 Å². The molecule has 1 N–H and O–H groups in total. The molecule has 120 valence electrons. The Kier molecular flexibility index (Phi) is 4.49. The Morgan fingerprint density at radius 3 is 2.39 bits per heavy atom. The Bertz CT molecular complexity index is 765. The lowest BCUT2D eigenvalue weighted by atomic mass is 10.1. The zero-order chi connectivity index (χ0) is 17.1. The summed E-state index contributed by atoms with van der Waals surface area (Å²) in [6.07, 6.45) is 2.67. The van der Waals surface area contributed by atoms with Crippen molar-refractivity contribution < 1.29 is 33.2 Å². The van der Waals surface area contributed by atoms with Crippen molar-refractivity contribution in [3.05, 3.63) is 52.8 Å². The second-order valence-electron chi connectivity index (χ2n) is 4.64. The molecule has 23 heavy (non-hydrogen) atoms. The van der Waals surface area contributed by atoms with Gasteiger partial charge in [-0.25, -0.2) is 9.59 Å². The Labute approximate surface area is 132 Å². The molecule has 0 amide bonds.